The summed E-state index contributed by atoms with van der Waals surface area (Å²) in [6.45, 7) is 0.718. The summed E-state index contributed by atoms with van der Waals surface area (Å²) in [6, 6.07) is 8.24. The SMILES string of the molecule is N#CCC1CCOc2cc(Br)ccc21. The van der Waals surface area contributed by atoms with Crippen LogP contribution < -0.4 is 4.74 Å². The molecule has 3 heteroatoms. The first-order valence-corrected chi connectivity index (χ1v) is 5.40. The first kappa shape index (κ1) is 9.54. The van der Waals surface area contributed by atoms with Gasteiger partial charge in [-0.3, -0.25) is 0 Å². The van der Waals surface area contributed by atoms with Crippen LogP contribution in [0.25, 0.3) is 0 Å². The van der Waals surface area contributed by atoms with Gasteiger partial charge in [0.15, 0.2) is 0 Å². The fraction of sp³-hybridized carbons (Fsp3) is 0.364. The number of benzene rings is 1. The molecule has 72 valence electrons. The van der Waals surface area contributed by atoms with Crippen LogP contribution in [0.4, 0.5) is 0 Å². The third kappa shape index (κ3) is 1.76. The molecule has 0 fully saturated rings. The van der Waals surface area contributed by atoms with E-state index in [-0.39, 0.29) is 0 Å². The van der Waals surface area contributed by atoms with E-state index in [9.17, 15) is 0 Å². The zero-order chi connectivity index (χ0) is 9.97. The third-order valence-electron chi connectivity index (χ3n) is 2.48. The van der Waals surface area contributed by atoms with Crippen LogP contribution in [0, 0.1) is 11.3 Å². The lowest BCUT2D eigenvalue weighted by molar-refractivity contribution is 0.268. The van der Waals surface area contributed by atoms with Gasteiger partial charge in [-0.15, -0.1) is 0 Å². The smallest absolute Gasteiger partial charge is 0.123 e. The number of hydrogen-bond donors (Lipinski definition) is 0. The Hall–Kier alpha value is -1.01. The normalized spacial score (nSPS) is 19.3. The van der Waals surface area contributed by atoms with Crippen LogP contribution in [-0.2, 0) is 0 Å². The highest BCUT2D eigenvalue weighted by Gasteiger charge is 2.20. The van der Waals surface area contributed by atoms with E-state index in [0.29, 0.717) is 12.3 Å². The summed E-state index contributed by atoms with van der Waals surface area (Å²) in [4.78, 5) is 0. The van der Waals surface area contributed by atoms with Gasteiger partial charge in [0.05, 0.1) is 12.7 Å². The zero-order valence-electron chi connectivity index (χ0n) is 7.66. The van der Waals surface area contributed by atoms with Crippen LogP contribution in [0.2, 0.25) is 0 Å². The number of fused-ring (bicyclic) bond motifs is 1. The average Bonchev–Trinajstić information content (AvgIpc) is 2.18. The van der Waals surface area contributed by atoms with Gasteiger partial charge in [0.2, 0.25) is 0 Å². The molecule has 1 heterocycles. The van der Waals surface area contributed by atoms with Gasteiger partial charge in [-0.2, -0.15) is 5.26 Å². The minimum absolute atomic E-state index is 0.344. The van der Waals surface area contributed by atoms with Crippen molar-refractivity contribution in [2.24, 2.45) is 0 Å². The molecule has 0 saturated carbocycles. The molecule has 0 N–H and O–H groups in total. The lowest BCUT2D eigenvalue weighted by Gasteiger charge is -2.24. The van der Waals surface area contributed by atoms with E-state index in [1.165, 1.54) is 5.56 Å². The summed E-state index contributed by atoms with van der Waals surface area (Å²) in [5, 5.41) is 8.70. The zero-order valence-corrected chi connectivity index (χ0v) is 9.25. The van der Waals surface area contributed by atoms with Gasteiger partial charge in [0, 0.05) is 16.8 Å². The molecular formula is C11H10BrNO. The molecule has 0 saturated heterocycles. The van der Waals surface area contributed by atoms with Crippen molar-refractivity contribution in [2.45, 2.75) is 18.8 Å². The van der Waals surface area contributed by atoms with Crippen molar-refractivity contribution in [3.05, 3.63) is 28.2 Å². The number of nitrogens with zero attached hydrogens (tertiary/aromatic N) is 1. The summed E-state index contributed by atoms with van der Waals surface area (Å²) in [7, 11) is 0. The van der Waals surface area contributed by atoms with Crippen LogP contribution in [0.3, 0.4) is 0 Å². The van der Waals surface area contributed by atoms with Gasteiger partial charge in [0.1, 0.15) is 5.75 Å². The Morgan fingerprint density at radius 2 is 2.43 bits per heavy atom. The standard InChI is InChI=1S/C11H10BrNO/c12-9-1-2-10-8(3-5-13)4-6-14-11(10)7-9/h1-2,7-8H,3-4,6H2. The third-order valence-corrected chi connectivity index (χ3v) is 2.97. The molecule has 1 aliphatic heterocycles. The first-order chi connectivity index (χ1) is 6.81. The number of rotatable bonds is 1. The molecule has 0 radical (unpaired) electrons. The predicted octanol–water partition coefficient (Wildman–Crippen LogP) is 3.23. The molecule has 0 aromatic heterocycles. The second-order valence-corrected chi connectivity index (χ2v) is 4.29. The topological polar surface area (TPSA) is 33.0 Å². The summed E-state index contributed by atoms with van der Waals surface area (Å²) in [5.74, 6) is 1.27. The maximum absolute atomic E-state index is 8.70. The van der Waals surface area contributed by atoms with E-state index in [2.05, 4.69) is 22.0 Å². The molecule has 1 aromatic carbocycles. The Labute approximate surface area is 91.6 Å². The van der Waals surface area contributed by atoms with Crippen molar-refractivity contribution in [2.75, 3.05) is 6.61 Å². The van der Waals surface area contributed by atoms with Gasteiger partial charge < -0.3 is 4.74 Å². The lowest BCUT2D eigenvalue weighted by atomic mass is 9.91. The fourth-order valence-electron chi connectivity index (χ4n) is 1.76. The highest BCUT2D eigenvalue weighted by Crippen LogP contribution is 2.36. The number of ether oxygens (including phenoxy) is 1. The second-order valence-electron chi connectivity index (χ2n) is 3.38. The molecule has 1 atom stereocenters. The van der Waals surface area contributed by atoms with Crippen molar-refractivity contribution in [3.63, 3.8) is 0 Å². The molecule has 0 spiro atoms. The molecular weight excluding hydrogens is 242 g/mol. The molecule has 1 unspecified atom stereocenters. The van der Waals surface area contributed by atoms with Crippen molar-refractivity contribution >= 4 is 15.9 Å². The maximum atomic E-state index is 8.70. The molecule has 14 heavy (non-hydrogen) atoms. The maximum Gasteiger partial charge on any atom is 0.123 e. The number of hydrogen-bond acceptors (Lipinski definition) is 2. The van der Waals surface area contributed by atoms with E-state index in [4.69, 9.17) is 10.00 Å². The van der Waals surface area contributed by atoms with Gasteiger partial charge in [-0.25, -0.2) is 0 Å². The van der Waals surface area contributed by atoms with Gasteiger partial charge in [-0.05, 0) is 24.1 Å². The van der Waals surface area contributed by atoms with Crippen molar-refractivity contribution in [1.82, 2.24) is 0 Å². The van der Waals surface area contributed by atoms with E-state index >= 15 is 0 Å². The van der Waals surface area contributed by atoms with E-state index in [0.717, 1.165) is 23.2 Å². The Morgan fingerprint density at radius 3 is 3.21 bits per heavy atom. The average molecular weight is 252 g/mol. The Kier molecular flexibility index (Phi) is 2.74. The Bertz CT molecular complexity index is 383. The van der Waals surface area contributed by atoms with Gasteiger partial charge in [-0.1, -0.05) is 22.0 Å². The van der Waals surface area contributed by atoms with Crippen molar-refractivity contribution < 1.29 is 4.74 Å². The largest absolute Gasteiger partial charge is 0.493 e. The minimum Gasteiger partial charge on any atom is -0.493 e. The summed E-state index contributed by atoms with van der Waals surface area (Å²) < 4.78 is 6.56. The summed E-state index contributed by atoms with van der Waals surface area (Å²) in [6.07, 6.45) is 1.53. The minimum atomic E-state index is 0.344. The van der Waals surface area contributed by atoms with Crippen LogP contribution in [0.1, 0.15) is 24.3 Å². The number of nitriles is 1. The van der Waals surface area contributed by atoms with E-state index in [1.807, 2.05) is 18.2 Å². The monoisotopic (exact) mass is 251 g/mol. The fourth-order valence-corrected chi connectivity index (χ4v) is 2.10. The molecule has 0 bridgehead atoms. The number of halogens is 1. The first-order valence-electron chi connectivity index (χ1n) is 4.60. The van der Waals surface area contributed by atoms with Crippen molar-refractivity contribution in [3.8, 4) is 11.8 Å². The Morgan fingerprint density at radius 1 is 1.57 bits per heavy atom. The van der Waals surface area contributed by atoms with E-state index < -0.39 is 0 Å². The van der Waals surface area contributed by atoms with Crippen LogP contribution in [0.15, 0.2) is 22.7 Å². The molecule has 2 rings (SSSR count). The Balaban J connectivity index is 2.36. The van der Waals surface area contributed by atoms with Crippen LogP contribution in [0.5, 0.6) is 5.75 Å². The quantitative estimate of drug-likeness (QED) is 0.768. The van der Waals surface area contributed by atoms with Crippen molar-refractivity contribution in [1.29, 1.82) is 5.26 Å². The molecule has 0 amide bonds. The molecule has 1 aliphatic rings. The summed E-state index contributed by atoms with van der Waals surface area (Å²) >= 11 is 3.40. The lowest BCUT2D eigenvalue weighted by Crippen LogP contribution is -2.13. The van der Waals surface area contributed by atoms with E-state index in [1.54, 1.807) is 0 Å². The highest BCUT2D eigenvalue weighted by molar-refractivity contribution is 9.10. The second kappa shape index (κ2) is 4.02. The van der Waals surface area contributed by atoms with Gasteiger partial charge >= 0.3 is 0 Å². The van der Waals surface area contributed by atoms with Crippen LogP contribution >= 0.6 is 15.9 Å². The van der Waals surface area contributed by atoms with Crippen LogP contribution in [-0.4, -0.2) is 6.61 Å². The molecule has 2 nitrogen and oxygen atoms in total. The molecule has 0 aliphatic carbocycles. The predicted molar refractivity (Wildman–Crippen MR) is 57.2 cm³/mol. The summed E-state index contributed by atoms with van der Waals surface area (Å²) in [5.41, 5.74) is 1.17. The van der Waals surface area contributed by atoms with Gasteiger partial charge in [0.25, 0.3) is 0 Å². The highest BCUT2D eigenvalue weighted by atomic mass is 79.9. The molecule has 1 aromatic rings.